The van der Waals surface area contributed by atoms with Gasteiger partial charge in [0.25, 0.3) is 0 Å². The van der Waals surface area contributed by atoms with E-state index in [2.05, 4.69) is 48.6 Å². The summed E-state index contributed by atoms with van der Waals surface area (Å²) in [5, 5.41) is 6.73. The highest BCUT2D eigenvalue weighted by molar-refractivity contribution is 5.86. The number of hydrogen-bond acceptors (Lipinski definition) is 4. The first-order valence-electron chi connectivity index (χ1n) is 9.24. The van der Waals surface area contributed by atoms with E-state index in [0.717, 1.165) is 23.4 Å². The fourth-order valence-electron chi connectivity index (χ4n) is 2.73. The molecular formula is C23H26N2O2. The molecule has 1 N–H and O–H groups in total. The molecule has 0 aromatic heterocycles. The van der Waals surface area contributed by atoms with Crippen LogP contribution in [0.3, 0.4) is 0 Å². The number of ether oxygens (including phenoxy) is 2. The standard InChI is InChI=1S/C23H26N2O2/c1-17(2)12-13-27-22-11-8-18(14-23(22)26-3)16-24-25-21-10-9-19-6-4-5-7-20(19)15-21/h4-11,14-17,25H,12-13H2,1-3H3/b24-16+. The van der Waals surface area contributed by atoms with E-state index in [0.29, 0.717) is 18.3 Å². The van der Waals surface area contributed by atoms with Crippen LogP contribution >= 0.6 is 0 Å². The summed E-state index contributed by atoms with van der Waals surface area (Å²) in [7, 11) is 1.65. The number of methoxy groups -OCH3 is 1. The van der Waals surface area contributed by atoms with Crippen LogP contribution in [0, 0.1) is 5.92 Å². The third kappa shape index (κ3) is 5.23. The Hall–Kier alpha value is -3.01. The molecule has 0 amide bonds. The van der Waals surface area contributed by atoms with E-state index >= 15 is 0 Å². The lowest BCUT2D eigenvalue weighted by molar-refractivity contribution is 0.273. The lowest BCUT2D eigenvalue weighted by Gasteiger charge is -2.12. The van der Waals surface area contributed by atoms with Crippen molar-refractivity contribution in [3.8, 4) is 11.5 Å². The predicted octanol–water partition coefficient (Wildman–Crippen LogP) is 5.72. The quantitative estimate of drug-likeness (QED) is 0.412. The molecule has 0 bridgehead atoms. The summed E-state index contributed by atoms with van der Waals surface area (Å²) < 4.78 is 11.3. The highest BCUT2D eigenvalue weighted by Gasteiger charge is 2.05. The van der Waals surface area contributed by atoms with Crippen LogP contribution in [0.5, 0.6) is 11.5 Å². The van der Waals surface area contributed by atoms with E-state index in [4.69, 9.17) is 9.47 Å². The molecule has 0 fully saturated rings. The summed E-state index contributed by atoms with van der Waals surface area (Å²) in [6.45, 7) is 5.05. The van der Waals surface area contributed by atoms with Gasteiger partial charge in [-0.2, -0.15) is 5.10 Å². The first kappa shape index (κ1) is 18.8. The van der Waals surface area contributed by atoms with Crippen molar-refractivity contribution in [1.82, 2.24) is 0 Å². The number of hydrazone groups is 1. The maximum absolute atomic E-state index is 5.82. The molecule has 27 heavy (non-hydrogen) atoms. The second kappa shape index (κ2) is 9.08. The van der Waals surface area contributed by atoms with Gasteiger partial charge in [-0.25, -0.2) is 0 Å². The first-order chi connectivity index (χ1) is 13.2. The van der Waals surface area contributed by atoms with Gasteiger partial charge in [0.15, 0.2) is 11.5 Å². The molecule has 140 valence electrons. The van der Waals surface area contributed by atoms with Crippen molar-refractivity contribution >= 4 is 22.7 Å². The van der Waals surface area contributed by atoms with Crippen molar-refractivity contribution in [2.45, 2.75) is 20.3 Å². The molecule has 0 atom stereocenters. The van der Waals surface area contributed by atoms with Gasteiger partial charge >= 0.3 is 0 Å². The van der Waals surface area contributed by atoms with Crippen LogP contribution in [0.4, 0.5) is 5.69 Å². The monoisotopic (exact) mass is 362 g/mol. The Kier molecular flexibility index (Phi) is 6.31. The minimum atomic E-state index is 0.614. The summed E-state index contributed by atoms with van der Waals surface area (Å²) in [6.07, 6.45) is 2.79. The molecule has 0 saturated heterocycles. The van der Waals surface area contributed by atoms with Gasteiger partial charge < -0.3 is 9.47 Å². The van der Waals surface area contributed by atoms with Crippen molar-refractivity contribution in [2.24, 2.45) is 11.0 Å². The van der Waals surface area contributed by atoms with Crippen molar-refractivity contribution < 1.29 is 9.47 Å². The van der Waals surface area contributed by atoms with Crippen LogP contribution in [0.25, 0.3) is 10.8 Å². The summed E-state index contributed by atoms with van der Waals surface area (Å²) >= 11 is 0. The molecule has 3 rings (SSSR count). The number of nitrogens with one attached hydrogen (secondary N) is 1. The normalized spacial score (nSPS) is 11.3. The molecule has 0 spiro atoms. The minimum absolute atomic E-state index is 0.614. The van der Waals surface area contributed by atoms with E-state index in [1.807, 2.05) is 36.4 Å². The average molecular weight is 362 g/mol. The Morgan fingerprint density at radius 1 is 0.963 bits per heavy atom. The van der Waals surface area contributed by atoms with E-state index in [1.54, 1.807) is 13.3 Å². The zero-order valence-corrected chi connectivity index (χ0v) is 16.1. The summed E-state index contributed by atoms with van der Waals surface area (Å²) in [4.78, 5) is 0. The molecular weight excluding hydrogens is 336 g/mol. The summed E-state index contributed by atoms with van der Waals surface area (Å²) in [6, 6.07) is 20.3. The zero-order chi connectivity index (χ0) is 19.1. The molecule has 3 aromatic carbocycles. The predicted molar refractivity (Wildman–Crippen MR) is 113 cm³/mol. The molecule has 0 unspecified atom stereocenters. The van der Waals surface area contributed by atoms with Crippen LogP contribution in [-0.4, -0.2) is 19.9 Å². The Balaban J connectivity index is 1.65. The van der Waals surface area contributed by atoms with Gasteiger partial charge in [-0.3, -0.25) is 5.43 Å². The van der Waals surface area contributed by atoms with E-state index in [9.17, 15) is 0 Å². The van der Waals surface area contributed by atoms with Crippen LogP contribution in [0.2, 0.25) is 0 Å². The third-order valence-electron chi connectivity index (χ3n) is 4.30. The van der Waals surface area contributed by atoms with Gasteiger partial charge in [0.1, 0.15) is 0 Å². The molecule has 3 aromatic rings. The molecule has 0 saturated carbocycles. The third-order valence-corrected chi connectivity index (χ3v) is 4.30. The van der Waals surface area contributed by atoms with Gasteiger partial charge in [-0.15, -0.1) is 0 Å². The fraction of sp³-hybridized carbons (Fsp3) is 0.261. The second-order valence-electron chi connectivity index (χ2n) is 6.87. The smallest absolute Gasteiger partial charge is 0.161 e. The van der Waals surface area contributed by atoms with E-state index < -0.39 is 0 Å². The van der Waals surface area contributed by atoms with Crippen LogP contribution in [-0.2, 0) is 0 Å². The van der Waals surface area contributed by atoms with Crippen molar-refractivity contribution in [2.75, 3.05) is 19.1 Å². The first-order valence-corrected chi connectivity index (χ1v) is 9.24. The lowest BCUT2D eigenvalue weighted by Crippen LogP contribution is -2.03. The Morgan fingerprint density at radius 2 is 1.78 bits per heavy atom. The number of fused-ring (bicyclic) bond motifs is 1. The molecule has 4 nitrogen and oxygen atoms in total. The largest absolute Gasteiger partial charge is 0.493 e. The number of benzene rings is 3. The highest BCUT2D eigenvalue weighted by Crippen LogP contribution is 2.28. The van der Waals surface area contributed by atoms with Crippen molar-refractivity contribution in [1.29, 1.82) is 0 Å². The number of anilines is 1. The summed E-state index contributed by atoms with van der Waals surface area (Å²) in [5.41, 5.74) is 4.97. The van der Waals surface area contributed by atoms with E-state index in [-0.39, 0.29) is 0 Å². The molecule has 0 radical (unpaired) electrons. The maximum Gasteiger partial charge on any atom is 0.161 e. The number of nitrogens with zero attached hydrogens (tertiary/aromatic N) is 1. The van der Waals surface area contributed by atoms with Gasteiger partial charge in [-0.05, 0) is 59.0 Å². The van der Waals surface area contributed by atoms with Crippen LogP contribution in [0.1, 0.15) is 25.8 Å². The SMILES string of the molecule is COc1cc(/C=N/Nc2ccc3ccccc3c2)ccc1OCCC(C)C. The second-order valence-corrected chi connectivity index (χ2v) is 6.87. The summed E-state index contributed by atoms with van der Waals surface area (Å²) in [5.74, 6) is 2.09. The van der Waals surface area contributed by atoms with Crippen molar-refractivity contribution in [3.63, 3.8) is 0 Å². The Labute approximate surface area is 160 Å². The molecule has 0 aliphatic rings. The molecule has 0 heterocycles. The molecule has 4 heteroatoms. The van der Waals surface area contributed by atoms with E-state index in [1.165, 1.54) is 10.8 Å². The van der Waals surface area contributed by atoms with Crippen LogP contribution in [0.15, 0.2) is 65.8 Å². The fourth-order valence-corrected chi connectivity index (χ4v) is 2.73. The van der Waals surface area contributed by atoms with Gasteiger partial charge in [-0.1, -0.05) is 44.2 Å². The average Bonchev–Trinajstić information content (AvgIpc) is 2.68. The highest BCUT2D eigenvalue weighted by atomic mass is 16.5. The Morgan fingerprint density at radius 3 is 2.56 bits per heavy atom. The van der Waals surface area contributed by atoms with Crippen molar-refractivity contribution in [3.05, 3.63) is 66.2 Å². The number of hydrogen-bond donors (Lipinski definition) is 1. The molecule has 0 aliphatic carbocycles. The Bertz CT molecular complexity index is 919. The lowest BCUT2D eigenvalue weighted by atomic mass is 10.1. The topological polar surface area (TPSA) is 42.8 Å². The van der Waals surface area contributed by atoms with Gasteiger partial charge in [0, 0.05) is 0 Å². The maximum atomic E-state index is 5.82. The minimum Gasteiger partial charge on any atom is -0.493 e. The van der Waals surface area contributed by atoms with Gasteiger partial charge in [0.05, 0.1) is 25.6 Å². The zero-order valence-electron chi connectivity index (χ0n) is 16.1. The van der Waals surface area contributed by atoms with Gasteiger partial charge in [0.2, 0.25) is 0 Å². The van der Waals surface area contributed by atoms with Crippen LogP contribution < -0.4 is 14.9 Å². The molecule has 0 aliphatic heterocycles. The number of rotatable bonds is 8.